The molecule has 26 heavy (non-hydrogen) atoms. The second-order valence-corrected chi connectivity index (χ2v) is 7.00. The lowest BCUT2D eigenvalue weighted by molar-refractivity contribution is 0.0636. The van der Waals surface area contributed by atoms with Crippen molar-refractivity contribution in [3.05, 3.63) is 35.8 Å². The summed E-state index contributed by atoms with van der Waals surface area (Å²) >= 11 is 1.29. The Morgan fingerprint density at radius 2 is 2.08 bits per heavy atom. The van der Waals surface area contributed by atoms with Gasteiger partial charge in [0.05, 0.1) is 11.3 Å². The number of amides is 1. The van der Waals surface area contributed by atoms with Crippen LogP contribution in [0.4, 0.5) is 26.4 Å². The fraction of sp³-hybridized carbons (Fsp3) is 0.294. The van der Waals surface area contributed by atoms with Gasteiger partial charge >= 0.3 is 6.09 Å². The van der Waals surface area contributed by atoms with Crippen LogP contribution in [0.3, 0.4) is 0 Å². The first-order valence-electron chi connectivity index (χ1n) is 7.64. The summed E-state index contributed by atoms with van der Waals surface area (Å²) in [5.41, 5.74) is -0.0887. The van der Waals surface area contributed by atoms with E-state index in [1.807, 2.05) is 0 Å². The second kappa shape index (κ2) is 8.13. The summed E-state index contributed by atoms with van der Waals surface area (Å²) in [6, 6.07) is 3.97. The van der Waals surface area contributed by atoms with Crippen molar-refractivity contribution >= 4 is 41.3 Å². The Bertz CT molecular complexity index is 824. The van der Waals surface area contributed by atoms with E-state index in [2.05, 4.69) is 20.6 Å². The first kappa shape index (κ1) is 19.6. The van der Waals surface area contributed by atoms with Gasteiger partial charge in [-0.05, 0) is 45.2 Å². The maximum atomic E-state index is 14.1. The van der Waals surface area contributed by atoms with Crippen molar-refractivity contribution in [3.63, 3.8) is 0 Å². The molecule has 0 spiro atoms. The Morgan fingerprint density at radius 3 is 2.69 bits per heavy atom. The minimum Gasteiger partial charge on any atom is -0.444 e. The number of aldehydes is 1. The molecule has 9 heteroatoms. The Balaban J connectivity index is 2.25. The predicted octanol–water partition coefficient (Wildman–Crippen LogP) is 4.24. The highest BCUT2D eigenvalue weighted by Gasteiger charge is 2.17. The third kappa shape index (κ3) is 5.41. The quantitative estimate of drug-likeness (QED) is 0.456. The molecular formula is C17H19FN4O3S. The average molecular weight is 378 g/mol. The highest BCUT2D eigenvalue weighted by atomic mass is 32.2. The minimum absolute atomic E-state index is 0.0485. The van der Waals surface area contributed by atoms with Crippen LogP contribution in [0.1, 0.15) is 31.1 Å². The molecule has 0 unspecified atom stereocenters. The van der Waals surface area contributed by atoms with Crippen molar-refractivity contribution in [2.75, 3.05) is 16.9 Å². The van der Waals surface area contributed by atoms with Crippen LogP contribution in [0.25, 0.3) is 0 Å². The molecule has 0 atom stereocenters. The lowest BCUT2D eigenvalue weighted by Gasteiger charge is -2.20. The van der Waals surface area contributed by atoms with Gasteiger partial charge < -0.3 is 10.1 Å². The van der Waals surface area contributed by atoms with E-state index in [-0.39, 0.29) is 17.1 Å². The normalized spacial score (nSPS) is 11.0. The number of hydrogen-bond donors (Lipinski definition) is 2. The smallest absolute Gasteiger partial charge is 0.412 e. The van der Waals surface area contributed by atoms with E-state index in [1.54, 1.807) is 27.0 Å². The zero-order valence-corrected chi connectivity index (χ0v) is 15.6. The van der Waals surface area contributed by atoms with Gasteiger partial charge in [0, 0.05) is 11.9 Å². The molecule has 138 valence electrons. The van der Waals surface area contributed by atoms with E-state index < -0.39 is 17.5 Å². The van der Waals surface area contributed by atoms with Crippen LogP contribution in [0.2, 0.25) is 0 Å². The van der Waals surface area contributed by atoms with Gasteiger partial charge in [-0.2, -0.15) is 0 Å². The molecule has 0 aliphatic carbocycles. The first-order chi connectivity index (χ1) is 12.2. The highest BCUT2D eigenvalue weighted by Crippen LogP contribution is 2.25. The van der Waals surface area contributed by atoms with Gasteiger partial charge in [0.25, 0.3) is 0 Å². The number of anilines is 3. The minimum atomic E-state index is -0.657. The van der Waals surface area contributed by atoms with Gasteiger partial charge in [-0.25, -0.2) is 19.2 Å². The van der Waals surface area contributed by atoms with Crippen LogP contribution in [-0.4, -0.2) is 34.2 Å². The maximum Gasteiger partial charge on any atom is 0.412 e. The summed E-state index contributed by atoms with van der Waals surface area (Å²) in [6.07, 6.45) is 3.06. The van der Waals surface area contributed by atoms with E-state index in [9.17, 15) is 14.0 Å². The van der Waals surface area contributed by atoms with Gasteiger partial charge in [0.1, 0.15) is 17.2 Å². The largest absolute Gasteiger partial charge is 0.444 e. The Morgan fingerprint density at radius 1 is 1.35 bits per heavy atom. The first-order valence-corrected chi connectivity index (χ1v) is 8.87. The van der Waals surface area contributed by atoms with Gasteiger partial charge in [-0.1, -0.05) is 11.8 Å². The number of nitrogens with one attached hydrogen (secondary N) is 2. The van der Waals surface area contributed by atoms with Crippen molar-refractivity contribution in [2.45, 2.75) is 31.5 Å². The molecule has 2 N–H and O–H groups in total. The van der Waals surface area contributed by atoms with Crippen molar-refractivity contribution in [1.82, 2.24) is 9.97 Å². The summed E-state index contributed by atoms with van der Waals surface area (Å²) in [7, 11) is 0. The molecule has 1 heterocycles. The molecule has 0 saturated carbocycles. The number of hydrogen-bond acceptors (Lipinski definition) is 7. The zero-order chi connectivity index (χ0) is 19.3. The van der Waals surface area contributed by atoms with E-state index >= 15 is 0 Å². The fourth-order valence-corrected chi connectivity index (χ4v) is 2.25. The Hall–Kier alpha value is -2.68. The van der Waals surface area contributed by atoms with E-state index in [4.69, 9.17) is 4.74 Å². The number of benzene rings is 1. The molecule has 7 nitrogen and oxygen atoms in total. The molecule has 2 rings (SSSR count). The van der Waals surface area contributed by atoms with Gasteiger partial charge in [-0.3, -0.25) is 10.1 Å². The predicted molar refractivity (Wildman–Crippen MR) is 98.7 cm³/mol. The highest BCUT2D eigenvalue weighted by molar-refractivity contribution is 7.98. The van der Waals surface area contributed by atoms with Crippen molar-refractivity contribution < 1.29 is 18.7 Å². The maximum absolute atomic E-state index is 14.1. The Labute approximate surface area is 154 Å². The molecule has 1 amide bonds. The monoisotopic (exact) mass is 378 g/mol. The summed E-state index contributed by atoms with van der Waals surface area (Å²) in [4.78, 5) is 31.2. The van der Waals surface area contributed by atoms with Crippen molar-refractivity contribution in [1.29, 1.82) is 0 Å². The molecule has 0 bridgehead atoms. The standard InChI is InChI=1S/C17H19FN4O3S/c1-17(2,3)25-16(24)20-11-5-6-12(18)13(7-11)21-14-10(9-23)8-19-15(22-14)26-4/h5-9H,1-4H3,(H,20,24)(H,19,21,22). The lowest BCUT2D eigenvalue weighted by atomic mass is 10.2. The molecule has 1 aromatic carbocycles. The molecule has 0 aliphatic rings. The molecular weight excluding hydrogens is 359 g/mol. The van der Waals surface area contributed by atoms with Crippen LogP contribution in [0.15, 0.2) is 29.6 Å². The fourth-order valence-electron chi connectivity index (χ4n) is 1.91. The average Bonchev–Trinajstić information content (AvgIpc) is 2.56. The van der Waals surface area contributed by atoms with Gasteiger partial charge in [0.15, 0.2) is 11.4 Å². The number of rotatable bonds is 5. The van der Waals surface area contributed by atoms with Crippen molar-refractivity contribution in [2.24, 2.45) is 0 Å². The number of nitrogens with zero attached hydrogens (tertiary/aromatic N) is 2. The molecule has 2 aromatic rings. The van der Waals surface area contributed by atoms with Crippen LogP contribution < -0.4 is 10.6 Å². The topological polar surface area (TPSA) is 93.2 Å². The zero-order valence-electron chi connectivity index (χ0n) is 14.8. The summed E-state index contributed by atoms with van der Waals surface area (Å²) in [6.45, 7) is 5.22. The van der Waals surface area contributed by atoms with E-state index in [1.165, 1.54) is 36.2 Å². The van der Waals surface area contributed by atoms with E-state index in [0.29, 0.717) is 17.1 Å². The number of halogens is 1. The SMILES string of the molecule is CSc1ncc(C=O)c(Nc2cc(NC(=O)OC(C)(C)C)ccc2F)n1. The number of carbonyl (C=O) groups excluding carboxylic acids is 2. The second-order valence-electron chi connectivity index (χ2n) is 6.23. The molecule has 0 saturated heterocycles. The third-order valence-electron chi connectivity index (χ3n) is 2.97. The van der Waals surface area contributed by atoms with Gasteiger partial charge in [-0.15, -0.1) is 0 Å². The van der Waals surface area contributed by atoms with Crippen molar-refractivity contribution in [3.8, 4) is 0 Å². The van der Waals surface area contributed by atoms with Crippen LogP contribution in [0.5, 0.6) is 0 Å². The van der Waals surface area contributed by atoms with Crippen LogP contribution in [0, 0.1) is 5.82 Å². The lowest BCUT2D eigenvalue weighted by Crippen LogP contribution is -2.27. The molecule has 0 radical (unpaired) electrons. The summed E-state index contributed by atoms with van der Waals surface area (Å²) in [5.74, 6) is -0.395. The number of aromatic nitrogens is 2. The molecule has 1 aromatic heterocycles. The number of thioether (sulfide) groups is 1. The molecule has 0 fully saturated rings. The van der Waals surface area contributed by atoms with Crippen LogP contribution in [-0.2, 0) is 4.74 Å². The Kier molecular flexibility index (Phi) is 6.14. The molecule has 0 aliphatic heterocycles. The van der Waals surface area contributed by atoms with Crippen LogP contribution >= 0.6 is 11.8 Å². The van der Waals surface area contributed by atoms with E-state index in [0.717, 1.165) is 0 Å². The number of ether oxygens (including phenoxy) is 1. The third-order valence-corrected chi connectivity index (χ3v) is 3.53. The summed E-state index contributed by atoms with van der Waals surface area (Å²) < 4.78 is 19.3. The number of carbonyl (C=O) groups is 2. The van der Waals surface area contributed by atoms with Gasteiger partial charge in [0.2, 0.25) is 0 Å². The summed E-state index contributed by atoms with van der Waals surface area (Å²) in [5, 5.41) is 5.73.